The summed E-state index contributed by atoms with van der Waals surface area (Å²) in [7, 11) is 0. The highest BCUT2D eigenvalue weighted by Crippen LogP contribution is 2.18. The minimum absolute atomic E-state index is 0.000556. The molecular formula is C19H17N3O. The van der Waals surface area contributed by atoms with Crippen LogP contribution in [0.4, 0.5) is 5.69 Å². The molecule has 2 aromatic heterocycles. The van der Waals surface area contributed by atoms with Gasteiger partial charge < -0.3 is 5.73 Å². The fraction of sp³-hybridized carbons (Fsp3) is 0.0526. The average molecular weight is 303 g/mol. The minimum Gasteiger partial charge on any atom is -0.399 e. The fourth-order valence-electron chi connectivity index (χ4n) is 2.44. The highest BCUT2D eigenvalue weighted by Gasteiger charge is 2.03. The Kier molecular flexibility index (Phi) is 4.06. The Balaban J connectivity index is 0.000000140. The molecule has 4 nitrogen and oxygen atoms in total. The third-order valence-corrected chi connectivity index (χ3v) is 3.57. The van der Waals surface area contributed by atoms with Gasteiger partial charge in [0, 0.05) is 35.8 Å². The van der Waals surface area contributed by atoms with Crippen LogP contribution < -0.4 is 5.73 Å². The van der Waals surface area contributed by atoms with Crippen LogP contribution in [0.25, 0.3) is 21.8 Å². The number of carbonyl (C=O) groups excluding carboxylic acids is 1. The van der Waals surface area contributed by atoms with Crippen LogP contribution in [0, 0.1) is 0 Å². The van der Waals surface area contributed by atoms with Gasteiger partial charge in [0.15, 0.2) is 0 Å². The van der Waals surface area contributed by atoms with E-state index in [4.69, 9.17) is 5.73 Å². The highest BCUT2D eigenvalue weighted by atomic mass is 16.1. The van der Waals surface area contributed by atoms with Crippen molar-refractivity contribution in [3.8, 4) is 0 Å². The molecule has 2 aromatic carbocycles. The van der Waals surface area contributed by atoms with Gasteiger partial charge in [-0.1, -0.05) is 30.3 Å². The quantitative estimate of drug-likeness (QED) is 0.497. The van der Waals surface area contributed by atoms with Crippen molar-refractivity contribution in [3.05, 3.63) is 73.1 Å². The number of hydrogen-bond donors (Lipinski definition) is 1. The topological polar surface area (TPSA) is 60.9 Å². The van der Waals surface area contributed by atoms with Crippen molar-refractivity contribution < 1.29 is 4.79 Å². The van der Waals surface area contributed by atoms with Gasteiger partial charge >= 0.3 is 0 Å². The van der Waals surface area contributed by atoms with E-state index in [9.17, 15) is 4.79 Å². The van der Waals surface area contributed by atoms with Gasteiger partial charge in [-0.05, 0) is 30.3 Å². The van der Waals surface area contributed by atoms with E-state index in [0.29, 0.717) is 5.69 Å². The van der Waals surface area contributed by atoms with Gasteiger partial charge in [-0.3, -0.25) is 14.3 Å². The number of benzene rings is 2. The Morgan fingerprint density at radius 1 is 1.00 bits per heavy atom. The molecule has 114 valence electrons. The van der Waals surface area contributed by atoms with Crippen LogP contribution >= 0.6 is 0 Å². The molecule has 0 aliphatic carbocycles. The molecule has 0 aliphatic heterocycles. The second-order valence-corrected chi connectivity index (χ2v) is 5.22. The van der Waals surface area contributed by atoms with E-state index in [0.717, 1.165) is 16.4 Å². The molecule has 0 atom stereocenters. The standard InChI is InChI=1S/C10H10N2O.C9H7N/c1-7(13)12-5-4-8-2-3-9(11)6-10(8)12;1-2-6-9-8(4-1)5-3-7-10-9/h2-6H,11H2,1H3;1-7H. The molecule has 0 aliphatic rings. The summed E-state index contributed by atoms with van der Waals surface area (Å²) in [6.07, 6.45) is 3.56. The lowest BCUT2D eigenvalue weighted by Gasteiger charge is -1.99. The predicted molar refractivity (Wildman–Crippen MR) is 94.4 cm³/mol. The van der Waals surface area contributed by atoms with Crippen molar-refractivity contribution in [2.24, 2.45) is 0 Å². The molecule has 2 N–H and O–H groups in total. The zero-order valence-electron chi connectivity index (χ0n) is 12.8. The number of para-hydroxylation sites is 1. The lowest BCUT2D eigenvalue weighted by molar-refractivity contribution is 0.0941. The van der Waals surface area contributed by atoms with Crippen molar-refractivity contribution >= 4 is 33.4 Å². The van der Waals surface area contributed by atoms with Crippen molar-refractivity contribution in [1.29, 1.82) is 0 Å². The number of hydrogen-bond acceptors (Lipinski definition) is 3. The smallest absolute Gasteiger partial charge is 0.227 e. The van der Waals surface area contributed by atoms with E-state index in [1.165, 1.54) is 12.3 Å². The molecule has 0 fully saturated rings. The number of nitrogen functional groups attached to an aromatic ring is 1. The first-order valence-corrected chi connectivity index (χ1v) is 7.32. The Morgan fingerprint density at radius 3 is 2.57 bits per heavy atom. The average Bonchev–Trinajstić information content (AvgIpc) is 2.99. The van der Waals surface area contributed by atoms with Crippen molar-refractivity contribution in [2.75, 3.05) is 5.73 Å². The summed E-state index contributed by atoms with van der Waals surface area (Å²) in [5.41, 5.74) is 8.23. The lowest BCUT2D eigenvalue weighted by Crippen LogP contribution is -2.02. The van der Waals surface area contributed by atoms with Gasteiger partial charge in [0.2, 0.25) is 5.91 Å². The molecule has 0 spiro atoms. The van der Waals surface area contributed by atoms with Crippen LogP contribution in [-0.2, 0) is 0 Å². The van der Waals surface area contributed by atoms with Crippen LogP contribution in [0.5, 0.6) is 0 Å². The summed E-state index contributed by atoms with van der Waals surface area (Å²) < 4.78 is 1.59. The second-order valence-electron chi connectivity index (χ2n) is 5.22. The van der Waals surface area contributed by atoms with E-state index in [1.54, 1.807) is 16.8 Å². The zero-order valence-corrected chi connectivity index (χ0v) is 12.8. The summed E-state index contributed by atoms with van der Waals surface area (Å²) in [4.78, 5) is 15.3. The molecule has 0 saturated heterocycles. The summed E-state index contributed by atoms with van der Waals surface area (Å²) in [5, 5.41) is 2.23. The number of carbonyl (C=O) groups is 1. The van der Waals surface area contributed by atoms with Crippen LogP contribution in [0.1, 0.15) is 11.7 Å². The molecular weight excluding hydrogens is 286 g/mol. The normalized spacial score (nSPS) is 10.3. The van der Waals surface area contributed by atoms with Gasteiger partial charge in [-0.15, -0.1) is 0 Å². The summed E-state index contributed by atoms with van der Waals surface area (Å²) in [6, 6.07) is 19.5. The third kappa shape index (κ3) is 3.21. The first kappa shape index (κ1) is 14.8. The van der Waals surface area contributed by atoms with Crippen LogP contribution in [-0.4, -0.2) is 15.5 Å². The van der Waals surface area contributed by atoms with E-state index in [-0.39, 0.29) is 5.91 Å². The van der Waals surface area contributed by atoms with Gasteiger partial charge in [-0.2, -0.15) is 0 Å². The maximum Gasteiger partial charge on any atom is 0.227 e. The van der Waals surface area contributed by atoms with Crippen molar-refractivity contribution in [2.45, 2.75) is 6.92 Å². The third-order valence-electron chi connectivity index (χ3n) is 3.57. The Hall–Kier alpha value is -3.14. The molecule has 2 heterocycles. The van der Waals surface area contributed by atoms with Gasteiger partial charge in [-0.25, -0.2) is 0 Å². The van der Waals surface area contributed by atoms with Crippen LogP contribution in [0.2, 0.25) is 0 Å². The van der Waals surface area contributed by atoms with E-state index < -0.39 is 0 Å². The van der Waals surface area contributed by atoms with E-state index in [2.05, 4.69) is 17.1 Å². The maximum absolute atomic E-state index is 11.2. The molecule has 0 saturated carbocycles. The number of nitrogens with zero attached hydrogens (tertiary/aromatic N) is 2. The van der Waals surface area contributed by atoms with E-state index >= 15 is 0 Å². The van der Waals surface area contributed by atoms with Gasteiger partial charge in [0.05, 0.1) is 11.0 Å². The Labute approximate surface area is 134 Å². The number of pyridine rings is 1. The first-order valence-electron chi connectivity index (χ1n) is 7.32. The maximum atomic E-state index is 11.2. The molecule has 23 heavy (non-hydrogen) atoms. The summed E-state index contributed by atoms with van der Waals surface area (Å²) in [6.45, 7) is 1.53. The monoisotopic (exact) mass is 303 g/mol. The molecule has 0 bridgehead atoms. The first-order chi connectivity index (χ1) is 11.1. The van der Waals surface area contributed by atoms with Crippen LogP contribution in [0.3, 0.4) is 0 Å². The molecule has 4 aromatic rings. The highest BCUT2D eigenvalue weighted by molar-refractivity contribution is 5.92. The summed E-state index contributed by atoms with van der Waals surface area (Å²) in [5.74, 6) is 0.000556. The lowest BCUT2D eigenvalue weighted by atomic mass is 10.2. The number of nitrogens with two attached hydrogens (primary N) is 1. The van der Waals surface area contributed by atoms with Gasteiger partial charge in [0.1, 0.15) is 0 Å². The Bertz CT molecular complexity index is 907. The number of rotatable bonds is 0. The van der Waals surface area contributed by atoms with Crippen molar-refractivity contribution in [3.63, 3.8) is 0 Å². The molecule has 0 amide bonds. The molecule has 4 heteroatoms. The van der Waals surface area contributed by atoms with Gasteiger partial charge in [0.25, 0.3) is 0 Å². The predicted octanol–water partition coefficient (Wildman–Crippen LogP) is 4.12. The fourth-order valence-corrected chi connectivity index (χ4v) is 2.44. The van der Waals surface area contributed by atoms with Crippen LogP contribution in [0.15, 0.2) is 73.1 Å². The Morgan fingerprint density at radius 2 is 1.78 bits per heavy atom. The molecule has 0 radical (unpaired) electrons. The number of fused-ring (bicyclic) bond motifs is 2. The summed E-state index contributed by atoms with van der Waals surface area (Å²) >= 11 is 0. The largest absolute Gasteiger partial charge is 0.399 e. The molecule has 0 unspecified atom stereocenters. The van der Waals surface area contributed by atoms with E-state index in [1.807, 2.05) is 48.7 Å². The number of anilines is 1. The minimum atomic E-state index is 0.000556. The zero-order chi connectivity index (χ0) is 16.2. The second kappa shape index (κ2) is 6.32. The van der Waals surface area contributed by atoms with Crippen molar-refractivity contribution in [1.82, 2.24) is 9.55 Å². The molecule has 4 rings (SSSR count). The number of aromatic nitrogens is 2. The SMILES string of the molecule is CC(=O)n1ccc2ccc(N)cc21.c1ccc2ncccc2c1.